The van der Waals surface area contributed by atoms with Crippen molar-refractivity contribution >= 4 is 44.8 Å². The number of nitrogens with one attached hydrogen (secondary N) is 1. The Morgan fingerprint density at radius 1 is 1.10 bits per heavy atom. The summed E-state index contributed by atoms with van der Waals surface area (Å²) in [6, 6.07) is 2.45. The van der Waals surface area contributed by atoms with Crippen molar-refractivity contribution in [2.45, 2.75) is 50.5 Å². The van der Waals surface area contributed by atoms with Gasteiger partial charge in [-0.1, -0.05) is 61.0 Å². The maximum absolute atomic E-state index is 12.3. The lowest BCUT2D eigenvalue weighted by Gasteiger charge is -2.15. The molecular formula is C13H18Cl3NO2S. The van der Waals surface area contributed by atoms with E-state index < -0.39 is 10.0 Å². The molecule has 1 atom stereocenters. The highest BCUT2D eigenvalue weighted by Gasteiger charge is 2.21. The van der Waals surface area contributed by atoms with Crippen LogP contribution in [-0.4, -0.2) is 14.5 Å². The molecule has 0 amide bonds. The van der Waals surface area contributed by atoms with Crippen molar-refractivity contribution in [2.75, 3.05) is 0 Å². The molecule has 20 heavy (non-hydrogen) atoms. The number of sulfonamides is 1. The Kier molecular flexibility index (Phi) is 7.09. The monoisotopic (exact) mass is 357 g/mol. The van der Waals surface area contributed by atoms with Crippen LogP contribution >= 0.6 is 34.8 Å². The topological polar surface area (TPSA) is 46.2 Å². The third-order valence-electron chi connectivity index (χ3n) is 2.86. The zero-order chi connectivity index (χ0) is 15.3. The zero-order valence-electron chi connectivity index (χ0n) is 11.4. The molecule has 0 fully saturated rings. The maximum atomic E-state index is 12.3. The summed E-state index contributed by atoms with van der Waals surface area (Å²) in [5.74, 6) is 0. The van der Waals surface area contributed by atoms with Crippen LogP contribution in [0.5, 0.6) is 0 Å². The van der Waals surface area contributed by atoms with Gasteiger partial charge in [0.1, 0.15) is 4.90 Å². The molecule has 0 aliphatic carbocycles. The van der Waals surface area contributed by atoms with E-state index in [1.807, 2.05) is 6.92 Å². The second kappa shape index (κ2) is 7.85. The van der Waals surface area contributed by atoms with E-state index in [1.165, 1.54) is 12.1 Å². The summed E-state index contributed by atoms with van der Waals surface area (Å²) in [6.07, 6.45) is 3.94. The molecule has 0 radical (unpaired) electrons. The van der Waals surface area contributed by atoms with Crippen LogP contribution in [0.3, 0.4) is 0 Å². The van der Waals surface area contributed by atoms with E-state index in [0.717, 1.165) is 25.7 Å². The molecule has 1 N–H and O–H groups in total. The summed E-state index contributed by atoms with van der Waals surface area (Å²) in [6.45, 7) is 3.93. The first kappa shape index (κ1) is 18.1. The predicted octanol–water partition coefficient (Wildman–Crippen LogP) is 4.89. The third kappa shape index (κ3) is 5.08. The minimum absolute atomic E-state index is 0.0455. The Balaban J connectivity index is 2.86. The lowest BCUT2D eigenvalue weighted by molar-refractivity contribution is 0.527. The van der Waals surface area contributed by atoms with Crippen LogP contribution in [0.2, 0.25) is 15.1 Å². The molecule has 0 bridgehead atoms. The highest BCUT2D eigenvalue weighted by Crippen LogP contribution is 2.31. The Bertz CT molecular complexity index is 561. The quantitative estimate of drug-likeness (QED) is 0.557. The van der Waals surface area contributed by atoms with E-state index in [2.05, 4.69) is 11.6 Å². The highest BCUT2D eigenvalue weighted by molar-refractivity contribution is 7.89. The Morgan fingerprint density at radius 3 is 2.30 bits per heavy atom. The summed E-state index contributed by atoms with van der Waals surface area (Å²) in [5.41, 5.74) is 0. The van der Waals surface area contributed by atoms with Crippen molar-refractivity contribution in [3.8, 4) is 0 Å². The molecule has 3 nitrogen and oxygen atoms in total. The normalized spacial score (nSPS) is 13.4. The summed E-state index contributed by atoms with van der Waals surface area (Å²) < 4.78 is 27.1. The van der Waals surface area contributed by atoms with Gasteiger partial charge in [-0.15, -0.1) is 0 Å². The molecule has 0 saturated carbocycles. The van der Waals surface area contributed by atoms with Gasteiger partial charge in [-0.25, -0.2) is 13.1 Å². The van der Waals surface area contributed by atoms with Crippen LogP contribution in [0.25, 0.3) is 0 Å². The van der Waals surface area contributed by atoms with E-state index in [0.29, 0.717) is 0 Å². The van der Waals surface area contributed by atoms with Gasteiger partial charge in [0, 0.05) is 6.04 Å². The summed E-state index contributed by atoms with van der Waals surface area (Å²) in [4.78, 5) is -0.0455. The van der Waals surface area contributed by atoms with Crippen LogP contribution in [0, 0.1) is 0 Å². The molecule has 0 heterocycles. The Hall–Kier alpha value is -0.000000000000000111. The molecule has 1 rings (SSSR count). The summed E-state index contributed by atoms with van der Waals surface area (Å²) >= 11 is 17.6. The van der Waals surface area contributed by atoms with E-state index in [1.54, 1.807) is 0 Å². The van der Waals surface area contributed by atoms with Gasteiger partial charge in [-0.3, -0.25) is 0 Å². The van der Waals surface area contributed by atoms with Crippen molar-refractivity contribution in [3.63, 3.8) is 0 Å². The SMILES string of the molecule is CCCCCC(C)NS(=O)(=O)c1cc(Cl)c(Cl)cc1Cl. The molecule has 1 unspecified atom stereocenters. The average molecular weight is 359 g/mol. The molecule has 0 aliphatic rings. The van der Waals surface area contributed by atoms with E-state index in [4.69, 9.17) is 34.8 Å². The maximum Gasteiger partial charge on any atom is 0.242 e. The van der Waals surface area contributed by atoms with E-state index in [9.17, 15) is 8.42 Å². The van der Waals surface area contributed by atoms with Crippen molar-refractivity contribution in [3.05, 3.63) is 27.2 Å². The average Bonchev–Trinajstić information content (AvgIpc) is 2.33. The summed E-state index contributed by atoms with van der Waals surface area (Å²) in [7, 11) is -3.69. The fraction of sp³-hybridized carbons (Fsp3) is 0.538. The van der Waals surface area contributed by atoms with Gasteiger partial charge in [0.25, 0.3) is 0 Å². The number of benzene rings is 1. The van der Waals surface area contributed by atoms with Gasteiger partial charge >= 0.3 is 0 Å². The largest absolute Gasteiger partial charge is 0.242 e. The molecule has 0 spiro atoms. The minimum Gasteiger partial charge on any atom is -0.208 e. The molecule has 1 aromatic rings. The molecule has 114 valence electrons. The number of halogens is 3. The number of hydrogen-bond acceptors (Lipinski definition) is 2. The first-order chi connectivity index (χ1) is 9.27. The second-order valence-corrected chi connectivity index (χ2v) is 7.62. The van der Waals surface area contributed by atoms with E-state index >= 15 is 0 Å². The minimum atomic E-state index is -3.69. The highest BCUT2D eigenvalue weighted by atomic mass is 35.5. The predicted molar refractivity (Wildman–Crippen MR) is 85.4 cm³/mol. The molecule has 0 aromatic heterocycles. The smallest absolute Gasteiger partial charge is 0.208 e. The van der Waals surface area contributed by atoms with Crippen molar-refractivity contribution in [1.82, 2.24) is 4.72 Å². The molecular weight excluding hydrogens is 341 g/mol. The molecule has 1 aromatic carbocycles. The standard InChI is InChI=1S/C13H18Cl3NO2S/c1-3-4-5-6-9(2)17-20(18,19)13-8-11(15)10(14)7-12(13)16/h7-9,17H,3-6H2,1-2H3. The van der Waals surface area contributed by atoms with Crippen LogP contribution in [-0.2, 0) is 10.0 Å². The fourth-order valence-electron chi connectivity index (χ4n) is 1.80. The number of unbranched alkanes of at least 4 members (excludes halogenated alkanes) is 2. The molecule has 0 saturated heterocycles. The third-order valence-corrected chi connectivity index (χ3v) is 5.64. The Labute approximate surface area is 135 Å². The fourth-order valence-corrected chi connectivity index (χ4v) is 4.08. The number of hydrogen-bond donors (Lipinski definition) is 1. The lowest BCUT2D eigenvalue weighted by atomic mass is 10.1. The second-order valence-electron chi connectivity index (χ2n) is 4.71. The van der Waals surface area contributed by atoms with Crippen molar-refractivity contribution < 1.29 is 8.42 Å². The van der Waals surface area contributed by atoms with Gasteiger partial charge in [0.05, 0.1) is 15.1 Å². The molecule has 7 heteroatoms. The summed E-state index contributed by atoms with van der Waals surface area (Å²) in [5, 5.41) is 0.453. The van der Waals surface area contributed by atoms with Crippen LogP contribution in [0.1, 0.15) is 39.5 Å². The number of rotatable bonds is 7. The lowest BCUT2D eigenvalue weighted by Crippen LogP contribution is -2.32. The van der Waals surface area contributed by atoms with Crippen molar-refractivity contribution in [1.29, 1.82) is 0 Å². The van der Waals surface area contributed by atoms with Gasteiger partial charge < -0.3 is 0 Å². The van der Waals surface area contributed by atoms with Crippen LogP contribution in [0.4, 0.5) is 0 Å². The zero-order valence-corrected chi connectivity index (χ0v) is 14.5. The molecule has 0 aliphatic heterocycles. The first-order valence-corrected chi connectivity index (χ1v) is 9.06. The van der Waals surface area contributed by atoms with Gasteiger partial charge in [-0.2, -0.15) is 0 Å². The van der Waals surface area contributed by atoms with Gasteiger partial charge in [0.15, 0.2) is 0 Å². The van der Waals surface area contributed by atoms with Crippen LogP contribution < -0.4 is 4.72 Å². The van der Waals surface area contributed by atoms with Crippen molar-refractivity contribution in [2.24, 2.45) is 0 Å². The van der Waals surface area contributed by atoms with Gasteiger partial charge in [0.2, 0.25) is 10.0 Å². The Morgan fingerprint density at radius 2 is 1.70 bits per heavy atom. The van der Waals surface area contributed by atoms with E-state index in [-0.39, 0.29) is 26.0 Å². The first-order valence-electron chi connectivity index (χ1n) is 6.44. The van der Waals surface area contributed by atoms with Crippen LogP contribution in [0.15, 0.2) is 17.0 Å². The van der Waals surface area contributed by atoms with Gasteiger partial charge in [-0.05, 0) is 25.5 Å².